The van der Waals surface area contributed by atoms with Gasteiger partial charge in [0.25, 0.3) is 11.8 Å². The number of sulfonamides is 1. The number of imide groups is 1. The molecular weight excluding hydrogens is 362 g/mol. The maximum atomic E-state index is 12.1. The molecule has 0 bridgehead atoms. The number of hydrogen-bond acceptors (Lipinski definition) is 7. The van der Waals surface area contributed by atoms with Crippen LogP contribution in [-0.2, 0) is 19.7 Å². The van der Waals surface area contributed by atoms with Gasteiger partial charge in [0.05, 0.1) is 17.5 Å². The molecule has 9 nitrogen and oxygen atoms in total. The van der Waals surface area contributed by atoms with Crippen molar-refractivity contribution in [3.05, 3.63) is 59.9 Å². The lowest BCUT2D eigenvalue weighted by molar-refractivity contribution is -0.168. The van der Waals surface area contributed by atoms with Crippen molar-refractivity contribution in [3.63, 3.8) is 0 Å². The van der Waals surface area contributed by atoms with Crippen LogP contribution in [0.15, 0.2) is 53.7 Å². The third-order valence-electron chi connectivity index (χ3n) is 3.52. The van der Waals surface area contributed by atoms with E-state index in [1.165, 1.54) is 36.7 Å². The Kier molecular flexibility index (Phi) is 4.78. The lowest BCUT2D eigenvalue weighted by Crippen LogP contribution is -2.34. The number of carbonyl (C=O) groups excluding carboxylic acids is 3. The highest BCUT2D eigenvalue weighted by Gasteiger charge is 2.38. The molecule has 0 unspecified atom stereocenters. The van der Waals surface area contributed by atoms with Crippen LogP contribution in [0.3, 0.4) is 0 Å². The second kappa shape index (κ2) is 7.02. The third kappa shape index (κ3) is 3.46. The molecule has 0 saturated carbocycles. The second-order valence-corrected chi connectivity index (χ2v) is 7.02. The van der Waals surface area contributed by atoms with Crippen molar-refractivity contribution >= 4 is 27.8 Å². The SMILES string of the molecule is O=C(CCNS(=O)(=O)c1cccnc1)ON1C(=O)c2ccccc2C1=O. The molecule has 10 heteroatoms. The van der Waals surface area contributed by atoms with Crippen molar-refractivity contribution in [3.8, 4) is 0 Å². The van der Waals surface area contributed by atoms with Gasteiger partial charge in [0, 0.05) is 18.9 Å². The van der Waals surface area contributed by atoms with E-state index < -0.39 is 27.8 Å². The number of aromatic nitrogens is 1. The first-order valence-corrected chi connectivity index (χ1v) is 8.97. The van der Waals surface area contributed by atoms with Gasteiger partial charge in [0.1, 0.15) is 4.90 Å². The van der Waals surface area contributed by atoms with Crippen molar-refractivity contribution in [2.24, 2.45) is 0 Å². The minimum atomic E-state index is -3.82. The van der Waals surface area contributed by atoms with E-state index in [-0.39, 0.29) is 29.0 Å². The number of amides is 2. The van der Waals surface area contributed by atoms with E-state index in [4.69, 9.17) is 4.84 Å². The monoisotopic (exact) mass is 375 g/mol. The van der Waals surface area contributed by atoms with Gasteiger partial charge in [0.15, 0.2) is 0 Å². The van der Waals surface area contributed by atoms with Gasteiger partial charge in [-0.15, -0.1) is 0 Å². The first-order chi connectivity index (χ1) is 12.4. The van der Waals surface area contributed by atoms with E-state index in [1.54, 1.807) is 12.1 Å². The fraction of sp³-hybridized carbons (Fsp3) is 0.125. The Bertz CT molecular complexity index is 939. The Hall–Kier alpha value is -3.11. The Morgan fingerprint density at radius 3 is 2.31 bits per heavy atom. The van der Waals surface area contributed by atoms with Crippen molar-refractivity contribution < 1.29 is 27.6 Å². The standard InChI is InChI=1S/C16H13N3O6S/c20-14(7-9-18-26(23,24)11-4-3-8-17-10-11)25-19-15(21)12-5-1-2-6-13(12)16(19)22/h1-6,8,10,18H,7,9H2. The number of carbonyl (C=O) groups is 3. The summed E-state index contributed by atoms with van der Waals surface area (Å²) >= 11 is 0. The average molecular weight is 375 g/mol. The molecule has 134 valence electrons. The van der Waals surface area contributed by atoms with Crippen LogP contribution in [0.4, 0.5) is 0 Å². The molecule has 1 aliphatic heterocycles. The molecule has 3 rings (SSSR count). The predicted octanol–water partition coefficient (Wildman–Crippen LogP) is 0.504. The number of pyridine rings is 1. The molecule has 2 amide bonds. The van der Waals surface area contributed by atoms with Crippen LogP contribution in [-0.4, -0.2) is 42.8 Å². The third-order valence-corrected chi connectivity index (χ3v) is 4.96. The highest BCUT2D eigenvalue weighted by atomic mass is 32.2. The van der Waals surface area contributed by atoms with Crippen molar-refractivity contribution in [1.29, 1.82) is 0 Å². The topological polar surface area (TPSA) is 123 Å². The van der Waals surface area contributed by atoms with Gasteiger partial charge in [-0.25, -0.2) is 17.9 Å². The highest BCUT2D eigenvalue weighted by molar-refractivity contribution is 7.89. The number of hydroxylamine groups is 2. The molecule has 1 aromatic carbocycles. The molecule has 1 aromatic heterocycles. The zero-order chi connectivity index (χ0) is 18.7. The van der Waals surface area contributed by atoms with Gasteiger partial charge in [-0.05, 0) is 24.3 Å². The molecular formula is C16H13N3O6S. The van der Waals surface area contributed by atoms with Crippen LogP contribution in [0.25, 0.3) is 0 Å². The Morgan fingerprint density at radius 2 is 1.73 bits per heavy atom. The van der Waals surface area contributed by atoms with Crippen molar-refractivity contribution in [2.45, 2.75) is 11.3 Å². The van der Waals surface area contributed by atoms with E-state index in [0.29, 0.717) is 5.06 Å². The van der Waals surface area contributed by atoms with Gasteiger partial charge in [-0.3, -0.25) is 14.6 Å². The molecule has 0 spiro atoms. The van der Waals surface area contributed by atoms with E-state index in [1.807, 2.05) is 0 Å². The molecule has 0 radical (unpaired) electrons. The van der Waals surface area contributed by atoms with Crippen LogP contribution >= 0.6 is 0 Å². The Morgan fingerprint density at radius 1 is 1.08 bits per heavy atom. The fourth-order valence-electron chi connectivity index (χ4n) is 2.27. The summed E-state index contributed by atoms with van der Waals surface area (Å²) in [6.45, 7) is -0.265. The van der Waals surface area contributed by atoms with Crippen LogP contribution < -0.4 is 4.72 Å². The molecule has 1 N–H and O–H groups in total. The molecule has 0 saturated heterocycles. The first-order valence-electron chi connectivity index (χ1n) is 7.48. The van der Waals surface area contributed by atoms with Gasteiger partial charge in [0.2, 0.25) is 10.0 Å². The summed E-state index contributed by atoms with van der Waals surface area (Å²) in [6.07, 6.45) is 2.23. The Balaban J connectivity index is 1.56. The van der Waals surface area contributed by atoms with E-state index in [9.17, 15) is 22.8 Å². The summed E-state index contributed by atoms with van der Waals surface area (Å²) < 4.78 is 26.2. The zero-order valence-electron chi connectivity index (χ0n) is 13.3. The van der Waals surface area contributed by atoms with Crippen molar-refractivity contribution in [2.75, 3.05) is 6.54 Å². The van der Waals surface area contributed by atoms with E-state index >= 15 is 0 Å². The molecule has 0 aliphatic carbocycles. The zero-order valence-corrected chi connectivity index (χ0v) is 14.1. The lowest BCUT2D eigenvalue weighted by atomic mass is 10.1. The maximum Gasteiger partial charge on any atom is 0.334 e. The molecule has 26 heavy (non-hydrogen) atoms. The van der Waals surface area contributed by atoms with E-state index in [2.05, 4.69) is 9.71 Å². The summed E-state index contributed by atoms with van der Waals surface area (Å²) in [6, 6.07) is 8.89. The Labute approximate surface area is 148 Å². The quantitative estimate of drug-likeness (QED) is 0.730. The van der Waals surface area contributed by atoms with Crippen molar-refractivity contribution in [1.82, 2.24) is 14.8 Å². The number of rotatable bonds is 6. The largest absolute Gasteiger partial charge is 0.334 e. The van der Waals surface area contributed by atoms with Crippen LogP contribution in [0.1, 0.15) is 27.1 Å². The molecule has 0 fully saturated rings. The number of nitrogens with one attached hydrogen (secondary N) is 1. The van der Waals surface area contributed by atoms with Gasteiger partial charge in [-0.2, -0.15) is 0 Å². The first kappa shape index (κ1) is 17.7. The van der Waals surface area contributed by atoms with Crippen LogP contribution in [0.5, 0.6) is 0 Å². The van der Waals surface area contributed by atoms with E-state index in [0.717, 1.165) is 0 Å². The number of nitrogens with zero attached hydrogens (tertiary/aromatic N) is 2. The molecule has 0 atom stereocenters. The molecule has 1 aliphatic rings. The van der Waals surface area contributed by atoms with Gasteiger partial charge < -0.3 is 4.84 Å². The minimum absolute atomic E-state index is 0.0475. The lowest BCUT2D eigenvalue weighted by Gasteiger charge is -2.12. The number of hydrogen-bond donors (Lipinski definition) is 1. The normalized spacial score (nSPS) is 13.6. The van der Waals surface area contributed by atoms with Crippen LogP contribution in [0.2, 0.25) is 0 Å². The fourth-order valence-corrected chi connectivity index (χ4v) is 3.27. The summed E-state index contributed by atoms with van der Waals surface area (Å²) in [5, 5.41) is 0.378. The highest BCUT2D eigenvalue weighted by Crippen LogP contribution is 2.22. The number of fused-ring (bicyclic) bond motifs is 1. The summed E-state index contributed by atoms with van der Waals surface area (Å²) in [7, 11) is -3.82. The molecule has 2 aromatic rings. The number of benzene rings is 1. The second-order valence-electron chi connectivity index (χ2n) is 5.25. The molecule has 2 heterocycles. The maximum absolute atomic E-state index is 12.1. The predicted molar refractivity (Wildman–Crippen MR) is 87.1 cm³/mol. The summed E-state index contributed by atoms with van der Waals surface area (Å²) in [5.74, 6) is -2.40. The van der Waals surface area contributed by atoms with Gasteiger partial charge in [-0.1, -0.05) is 17.2 Å². The summed E-state index contributed by atoms with van der Waals surface area (Å²) in [4.78, 5) is 44.4. The average Bonchev–Trinajstić information content (AvgIpc) is 2.88. The minimum Gasteiger partial charge on any atom is -0.330 e. The van der Waals surface area contributed by atoms with Gasteiger partial charge >= 0.3 is 5.97 Å². The smallest absolute Gasteiger partial charge is 0.330 e. The van der Waals surface area contributed by atoms with Crippen LogP contribution in [0, 0.1) is 0 Å². The summed E-state index contributed by atoms with van der Waals surface area (Å²) in [5.41, 5.74) is 0.283.